The molecule has 5 aliphatic rings. The van der Waals surface area contributed by atoms with Crippen molar-refractivity contribution < 1.29 is 19.1 Å². The molecule has 1 aromatic carbocycles. The van der Waals surface area contributed by atoms with Crippen LogP contribution in [0, 0.1) is 5.41 Å². The average molecular weight is 486 g/mol. The normalized spacial score (nSPS) is 30.2. The van der Waals surface area contributed by atoms with Crippen molar-refractivity contribution in [1.29, 1.82) is 0 Å². The van der Waals surface area contributed by atoms with Gasteiger partial charge < -0.3 is 25.5 Å². The number of halogens is 1. The Morgan fingerprint density at radius 2 is 1.83 bits per heavy atom. The molecule has 0 bridgehead atoms. The Balaban J connectivity index is 1.04. The number of rotatable bonds is 4. The van der Waals surface area contributed by atoms with Gasteiger partial charge in [-0.3, -0.25) is 14.5 Å². The van der Waals surface area contributed by atoms with Crippen LogP contribution in [0.25, 0.3) is 0 Å². The van der Waals surface area contributed by atoms with Crippen molar-refractivity contribution in [3.05, 3.63) is 29.3 Å². The molecule has 4 heterocycles. The Kier molecular flexibility index (Phi) is 5.77. The molecule has 8 nitrogen and oxygen atoms in total. The zero-order valence-electron chi connectivity index (χ0n) is 20.3. The van der Waals surface area contributed by atoms with Crippen molar-refractivity contribution in [3.8, 4) is 0 Å². The lowest BCUT2D eigenvalue weighted by molar-refractivity contribution is -0.129. The van der Waals surface area contributed by atoms with E-state index in [0.29, 0.717) is 31.5 Å². The first kappa shape index (κ1) is 23.2. The molecule has 1 aliphatic carbocycles. The summed E-state index contributed by atoms with van der Waals surface area (Å²) in [6.07, 6.45) is 3.41. The number of carbonyl (C=O) groups is 2. The molecule has 190 valence electrons. The summed E-state index contributed by atoms with van der Waals surface area (Å²) in [4.78, 5) is 30.8. The number of anilines is 1. The SMILES string of the molecule is O=C1CC[C@H](N2Cc3cc(N4CCN(CC5(F)CC6(CCNCC6)C5)CC4)ccc3C2=O)C(O)N1. The number of aliphatic hydroxyl groups is 1. The van der Waals surface area contributed by atoms with Crippen molar-refractivity contribution in [1.82, 2.24) is 20.4 Å². The van der Waals surface area contributed by atoms with E-state index in [2.05, 4.69) is 26.5 Å². The molecule has 2 amide bonds. The van der Waals surface area contributed by atoms with Gasteiger partial charge in [-0.1, -0.05) is 0 Å². The van der Waals surface area contributed by atoms with Crippen LogP contribution in [0.3, 0.4) is 0 Å². The van der Waals surface area contributed by atoms with Gasteiger partial charge in [0.15, 0.2) is 0 Å². The van der Waals surface area contributed by atoms with Gasteiger partial charge in [-0.15, -0.1) is 0 Å². The molecule has 35 heavy (non-hydrogen) atoms. The fourth-order valence-corrected chi connectivity index (χ4v) is 7.17. The molecule has 9 heteroatoms. The van der Waals surface area contributed by atoms with Crippen LogP contribution in [0.15, 0.2) is 18.2 Å². The fourth-order valence-electron chi connectivity index (χ4n) is 7.17. The largest absolute Gasteiger partial charge is 0.372 e. The smallest absolute Gasteiger partial charge is 0.254 e. The number of hydrogen-bond donors (Lipinski definition) is 3. The van der Waals surface area contributed by atoms with Gasteiger partial charge in [0.05, 0.1) is 6.04 Å². The van der Waals surface area contributed by atoms with E-state index in [4.69, 9.17) is 0 Å². The van der Waals surface area contributed by atoms with E-state index in [1.54, 1.807) is 4.90 Å². The Hall–Kier alpha value is -2.23. The van der Waals surface area contributed by atoms with Crippen molar-refractivity contribution in [2.45, 2.75) is 63.0 Å². The quantitative estimate of drug-likeness (QED) is 0.595. The first-order valence-electron chi connectivity index (χ1n) is 13.1. The minimum absolute atomic E-state index is 0.0863. The topological polar surface area (TPSA) is 88.2 Å². The predicted octanol–water partition coefficient (Wildman–Crippen LogP) is 1.23. The number of carbonyl (C=O) groups excluding carboxylic acids is 2. The first-order valence-corrected chi connectivity index (χ1v) is 13.1. The van der Waals surface area contributed by atoms with E-state index < -0.39 is 17.9 Å². The lowest BCUT2D eigenvalue weighted by Crippen LogP contribution is -2.59. The third kappa shape index (κ3) is 4.32. The van der Waals surface area contributed by atoms with Crippen LogP contribution in [0.4, 0.5) is 10.1 Å². The summed E-state index contributed by atoms with van der Waals surface area (Å²) in [5.74, 6) is -0.266. The zero-order chi connectivity index (χ0) is 24.2. The number of nitrogens with one attached hydrogen (secondary N) is 2. The van der Waals surface area contributed by atoms with Crippen LogP contribution >= 0.6 is 0 Å². The van der Waals surface area contributed by atoms with E-state index in [1.165, 1.54) is 0 Å². The van der Waals surface area contributed by atoms with Gasteiger partial charge in [-0.2, -0.15) is 0 Å². The summed E-state index contributed by atoms with van der Waals surface area (Å²) >= 11 is 0. The Labute approximate surface area is 205 Å². The Morgan fingerprint density at radius 3 is 2.54 bits per heavy atom. The van der Waals surface area contributed by atoms with Crippen LogP contribution < -0.4 is 15.5 Å². The maximum absolute atomic E-state index is 15.4. The molecule has 2 atom stereocenters. The molecule has 6 rings (SSSR count). The third-order valence-corrected chi connectivity index (χ3v) is 8.95. The van der Waals surface area contributed by atoms with E-state index >= 15 is 4.39 Å². The van der Waals surface area contributed by atoms with Gasteiger partial charge in [0, 0.05) is 56.9 Å². The number of hydrogen-bond acceptors (Lipinski definition) is 6. The molecular formula is C26H36FN5O3. The number of aliphatic hydroxyl groups excluding tert-OH is 1. The Bertz CT molecular complexity index is 997. The highest BCUT2D eigenvalue weighted by Gasteiger charge is 2.55. The molecule has 1 saturated carbocycles. The standard InChI is InChI=1S/C26H36FN5O3/c27-26(15-25(16-26)5-7-28-8-6-25)17-30-9-11-31(12-10-30)19-1-2-20-18(13-19)14-32(24(20)35)21-3-4-22(33)29-23(21)34/h1-2,13,21,23,28,34H,3-12,14-17H2,(H,29,33)/t21-,23?/m0/s1. The van der Waals surface area contributed by atoms with Crippen molar-refractivity contribution in [2.75, 3.05) is 50.7 Å². The Morgan fingerprint density at radius 1 is 1.09 bits per heavy atom. The zero-order valence-corrected chi connectivity index (χ0v) is 20.3. The molecule has 0 radical (unpaired) electrons. The van der Waals surface area contributed by atoms with Gasteiger partial charge in [0.2, 0.25) is 5.91 Å². The van der Waals surface area contributed by atoms with Crippen LogP contribution in [0.1, 0.15) is 54.4 Å². The molecule has 1 aromatic rings. The summed E-state index contributed by atoms with van der Waals surface area (Å²) in [6.45, 7) is 6.41. The van der Waals surface area contributed by atoms with Crippen molar-refractivity contribution in [3.63, 3.8) is 0 Å². The number of piperidine rings is 2. The van der Waals surface area contributed by atoms with Gasteiger partial charge >= 0.3 is 0 Å². The second-order valence-electron chi connectivity index (χ2n) is 11.4. The van der Waals surface area contributed by atoms with E-state index in [-0.39, 0.29) is 17.2 Å². The second-order valence-corrected chi connectivity index (χ2v) is 11.4. The molecular weight excluding hydrogens is 449 g/mol. The number of alkyl halides is 1. The molecule has 0 aromatic heterocycles. The van der Waals surface area contributed by atoms with E-state index in [1.807, 2.05) is 12.1 Å². The van der Waals surface area contributed by atoms with Crippen molar-refractivity contribution in [2.24, 2.45) is 5.41 Å². The highest BCUT2D eigenvalue weighted by atomic mass is 19.1. The molecule has 1 unspecified atom stereocenters. The minimum atomic E-state index is -1.03. The highest BCUT2D eigenvalue weighted by molar-refractivity contribution is 5.99. The summed E-state index contributed by atoms with van der Waals surface area (Å²) in [6, 6.07) is 5.57. The summed E-state index contributed by atoms with van der Waals surface area (Å²) in [7, 11) is 0. The van der Waals surface area contributed by atoms with Crippen LogP contribution in [-0.4, -0.2) is 90.5 Å². The number of benzene rings is 1. The third-order valence-electron chi connectivity index (χ3n) is 8.95. The maximum Gasteiger partial charge on any atom is 0.254 e. The summed E-state index contributed by atoms with van der Waals surface area (Å²) < 4.78 is 15.4. The van der Waals surface area contributed by atoms with E-state index in [0.717, 1.165) is 76.2 Å². The average Bonchev–Trinajstić information content (AvgIpc) is 3.14. The molecule has 4 aliphatic heterocycles. The van der Waals surface area contributed by atoms with Gasteiger partial charge in [-0.25, -0.2) is 4.39 Å². The van der Waals surface area contributed by atoms with Gasteiger partial charge in [0.1, 0.15) is 11.9 Å². The van der Waals surface area contributed by atoms with Gasteiger partial charge in [-0.05, 0) is 74.4 Å². The number of piperazine rings is 1. The molecule has 1 spiro atoms. The molecule has 3 saturated heterocycles. The van der Waals surface area contributed by atoms with Crippen LogP contribution in [-0.2, 0) is 11.3 Å². The fraction of sp³-hybridized carbons (Fsp3) is 0.692. The lowest BCUT2D eigenvalue weighted by atomic mass is 9.56. The molecule has 4 fully saturated rings. The van der Waals surface area contributed by atoms with Gasteiger partial charge in [0.25, 0.3) is 5.91 Å². The predicted molar refractivity (Wildman–Crippen MR) is 130 cm³/mol. The van der Waals surface area contributed by atoms with Crippen molar-refractivity contribution >= 4 is 17.5 Å². The number of fused-ring (bicyclic) bond motifs is 1. The monoisotopic (exact) mass is 485 g/mol. The maximum atomic E-state index is 15.4. The molecule has 3 N–H and O–H groups in total. The van der Waals surface area contributed by atoms with Crippen LogP contribution in [0.2, 0.25) is 0 Å². The lowest BCUT2D eigenvalue weighted by Gasteiger charge is -2.55. The number of nitrogens with zero attached hydrogens (tertiary/aromatic N) is 3. The summed E-state index contributed by atoms with van der Waals surface area (Å²) in [5.41, 5.74) is 1.94. The van der Waals surface area contributed by atoms with E-state index in [9.17, 15) is 14.7 Å². The summed E-state index contributed by atoms with van der Waals surface area (Å²) in [5, 5.41) is 16.2. The highest BCUT2D eigenvalue weighted by Crippen LogP contribution is 2.56. The first-order chi connectivity index (χ1) is 16.8. The second kappa shape index (κ2) is 8.71. The van der Waals surface area contributed by atoms with Crippen LogP contribution in [0.5, 0.6) is 0 Å². The number of amides is 2. The minimum Gasteiger partial charge on any atom is -0.372 e.